The minimum absolute atomic E-state index is 0.182. The maximum absolute atomic E-state index is 6.10. The summed E-state index contributed by atoms with van der Waals surface area (Å²) in [5.74, 6) is 0.933. The van der Waals surface area contributed by atoms with Gasteiger partial charge in [0.1, 0.15) is 5.75 Å². The highest BCUT2D eigenvalue weighted by Gasteiger charge is 2.38. The smallest absolute Gasteiger partial charge is 0.119 e. The molecule has 3 heteroatoms. The minimum Gasteiger partial charge on any atom is -0.494 e. The molecule has 1 spiro atoms. The van der Waals surface area contributed by atoms with E-state index in [0.29, 0.717) is 6.61 Å². The third-order valence-corrected chi connectivity index (χ3v) is 4.35. The largest absolute Gasteiger partial charge is 0.494 e. The predicted octanol–water partition coefficient (Wildman–Crippen LogP) is 3.06. The predicted molar refractivity (Wildman–Crippen MR) is 75.5 cm³/mol. The van der Waals surface area contributed by atoms with Crippen molar-refractivity contribution < 1.29 is 9.47 Å². The normalized spacial score (nSPS) is 25.6. The highest BCUT2D eigenvalue weighted by Crippen LogP contribution is 2.35. The lowest BCUT2D eigenvalue weighted by Gasteiger charge is -2.38. The molecule has 3 rings (SSSR count). The van der Waals surface area contributed by atoms with Crippen molar-refractivity contribution >= 4 is 0 Å². The summed E-state index contributed by atoms with van der Waals surface area (Å²) in [4.78, 5) is 0. The van der Waals surface area contributed by atoms with Gasteiger partial charge in [0, 0.05) is 12.1 Å². The van der Waals surface area contributed by atoms with Gasteiger partial charge in [-0.1, -0.05) is 25.0 Å². The Morgan fingerprint density at radius 1 is 1.26 bits per heavy atom. The molecule has 1 aliphatic carbocycles. The molecule has 1 atom stereocenters. The molecule has 0 amide bonds. The number of benzene rings is 1. The third-order valence-electron chi connectivity index (χ3n) is 4.35. The summed E-state index contributed by atoms with van der Waals surface area (Å²) in [6.07, 6.45) is 5.39. The molecule has 1 N–H and O–H groups in total. The summed E-state index contributed by atoms with van der Waals surface area (Å²) in [5, 5.41) is 3.73. The van der Waals surface area contributed by atoms with Crippen LogP contribution < -0.4 is 10.1 Å². The van der Waals surface area contributed by atoms with Gasteiger partial charge in [0.15, 0.2) is 0 Å². The van der Waals surface area contributed by atoms with E-state index in [0.717, 1.165) is 18.9 Å². The summed E-state index contributed by atoms with van der Waals surface area (Å²) >= 11 is 0. The van der Waals surface area contributed by atoms with E-state index in [1.165, 1.54) is 31.2 Å². The van der Waals surface area contributed by atoms with E-state index in [1.54, 1.807) is 0 Å². The summed E-state index contributed by atoms with van der Waals surface area (Å²) in [6, 6.07) is 8.29. The highest BCUT2D eigenvalue weighted by molar-refractivity contribution is 5.29. The maximum atomic E-state index is 6.10. The number of nitrogens with one attached hydrogen (secondary N) is 1. The molecular weight excluding hydrogens is 238 g/mol. The molecule has 1 aromatic carbocycles. The Kier molecular flexibility index (Phi) is 3.76. The average molecular weight is 261 g/mol. The van der Waals surface area contributed by atoms with E-state index in [9.17, 15) is 0 Å². The maximum Gasteiger partial charge on any atom is 0.119 e. The van der Waals surface area contributed by atoms with Crippen molar-refractivity contribution in [3.63, 3.8) is 0 Å². The molecule has 0 radical (unpaired) electrons. The van der Waals surface area contributed by atoms with Crippen LogP contribution in [-0.2, 0) is 4.74 Å². The first kappa shape index (κ1) is 12.9. The number of hydrogen-bond donors (Lipinski definition) is 1. The van der Waals surface area contributed by atoms with Gasteiger partial charge in [-0.05, 0) is 37.5 Å². The van der Waals surface area contributed by atoms with E-state index in [-0.39, 0.29) is 11.6 Å². The number of ether oxygens (including phenoxy) is 2. The minimum atomic E-state index is 0.182. The fourth-order valence-corrected chi connectivity index (χ4v) is 3.21. The average Bonchev–Trinajstić information content (AvgIpc) is 2.90. The second-order valence-electron chi connectivity index (χ2n) is 5.67. The lowest BCUT2D eigenvalue weighted by molar-refractivity contribution is -0.0326. The number of morpholine rings is 1. The van der Waals surface area contributed by atoms with Crippen molar-refractivity contribution in [2.45, 2.75) is 44.2 Å². The second kappa shape index (κ2) is 5.51. The molecule has 0 bridgehead atoms. The Hall–Kier alpha value is -1.06. The van der Waals surface area contributed by atoms with Crippen molar-refractivity contribution in [3.8, 4) is 5.75 Å². The fourth-order valence-electron chi connectivity index (χ4n) is 3.21. The van der Waals surface area contributed by atoms with Gasteiger partial charge < -0.3 is 14.8 Å². The summed E-state index contributed by atoms with van der Waals surface area (Å²) in [7, 11) is 0. The highest BCUT2D eigenvalue weighted by atomic mass is 16.5. The quantitative estimate of drug-likeness (QED) is 0.907. The van der Waals surface area contributed by atoms with Gasteiger partial charge in [-0.15, -0.1) is 0 Å². The molecule has 104 valence electrons. The summed E-state index contributed by atoms with van der Waals surface area (Å²) < 4.78 is 11.6. The van der Waals surface area contributed by atoms with Gasteiger partial charge in [0.05, 0.1) is 19.3 Å². The van der Waals surface area contributed by atoms with Crippen LogP contribution in [0.1, 0.15) is 44.3 Å². The van der Waals surface area contributed by atoms with Crippen LogP contribution in [0.25, 0.3) is 0 Å². The Bertz CT molecular complexity index is 399. The Labute approximate surface area is 115 Å². The topological polar surface area (TPSA) is 30.5 Å². The third kappa shape index (κ3) is 2.77. The lowest BCUT2D eigenvalue weighted by atomic mass is 9.95. The summed E-state index contributed by atoms with van der Waals surface area (Å²) in [5.41, 5.74) is 1.52. The van der Waals surface area contributed by atoms with Crippen molar-refractivity contribution in [1.29, 1.82) is 0 Å². The van der Waals surface area contributed by atoms with Gasteiger partial charge in [-0.2, -0.15) is 0 Å². The lowest BCUT2D eigenvalue weighted by Crippen LogP contribution is -2.53. The van der Waals surface area contributed by atoms with Crippen LogP contribution in [0.4, 0.5) is 0 Å². The van der Waals surface area contributed by atoms with Crippen LogP contribution in [0.5, 0.6) is 5.75 Å². The zero-order valence-electron chi connectivity index (χ0n) is 11.7. The first-order chi connectivity index (χ1) is 9.31. The molecular formula is C16H23NO2. The molecule has 2 fully saturated rings. The van der Waals surface area contributed by atoms with Crippen molar-refractivity contribution in [2.24, 2.45) is 0 Å². The van der Waals surface area contributed by atoms with Gasteiger partial charge in [0.2, 0.25) is 0 Å². The van der Waals surface area contributed by atoms with Gasteiger partial charge in [0.25, 0.3) is 0 Å². The van der Waals surface area contributed by atoms with E-state index in [4.69, 9.17) is 9.47 Å². The number of hydrogen-bond acceptors (Lipinski definition) is 3. The van der Waals surface area contributed by atoms with Crippen LogP contribution in [0.3, 0.4) is 0 Å². The first-order valence-electron chi connectivity index (χ1n) is 7.41. The van der Waals surface area contributed by atoms with Crippen LogP contribution in [0.15, 0.2) is 24.3 Å². The van der Waals surface area contributed by atoms with Gasteiger partial charge >= 0.3 is 0 Å². The SMILES string of the molecule is CCOc1ccc(C2CNC3(CCCC3)CO2)cc1. The van der Waals surface area contributed by atoms with Crippen molar-refractivity contribution in [3.05, 3.63) is 29.8 Å². The molecule has 1 saturated heterocycles. The van der Waals surface area contributed by atoms with Crippen LogP contribution in [0, 0.1) is 0 Å². The molecule has 19 heavy (non-hydrogen) atoms. The zero-order valence-corrected chi connectivity index (χ0v) is 11.7. The zero-order chi connectivity index (χ0) is 13.1. The van der Waals surface area contributed by atoms with E-state index in [1.807, 2.05) is 19.1 Å². The Morgan fingerprint density at radius 2 is 2.00 bits per heavy atom. The molecule has 2 aliphatic rings. The van der Waals surface area contributed by atoms with E-state index >= 15 is 0 Å². The molecule has 1 aliphatic heterocycles. The van der Waals surface area contributed by atoms with Crippen molar-refractivity contribution in [2.75, 3.05) is 19.8 Å². The van der Waals surface area contributed by atoms with Gasteiger partial charge in [-0.3, -0.25) is 0 Å². The molecule has 3 nitrogen and oxygen atoms in total. The Balaban J connectivity index is 1.61. The molecule has 1 heterocycles. The van der Waals surface area contributed by atoms with Crippen LogP contribution >= 0.6 is 0 Å². The Morgan fingerprint density at radius 3 is 2.58 bits per heavy atom. The molecule has 1 unspecified atom stereocenters. The summed E-state index contributed by atoms with van der Waals surface area (Å²) in [6.45, 7) is 4.49. The monoisotopic (exact) mass is 261 g/mol. The standard InChI is InChI=1S/C16H23NO2/c1-2-18-14-7-5-13(6-8-14)15-11-17-16(12-19-15)9-3-4-10-16/h5-8,15,17H,2-4,9-12H2,1H3. The van der Waals surface area contributed by atoms with Crippen LogP contribution in [0.2, 0.25) is 0 Å². The van der Waals surface area contributed by atoms with Crippen LogP contribution in [-0.4, -0.2) is 25.3 Å². The first-order valence-corrected chi connectivity index (χ1v) is 7.41. The van der Waals surface area contributed by atoms with E-state index in [2.05, 4.69) is 17.4 Å². The van der Waals surface area contributed by atoms with Crippen molar-refractivity contribution in [1.82, 2.24) is 5.32 Å². The van der Waals surface area contributed by atoms with Gasteiger partial charge in [-0.25, -0.2) is 0 Å². The number of rotatable bonds is 3. The molecule has 1 saturated carbocycles. The fraction of sp³-hybridized carbons (Fsp3) is 0.625. The molecule has 0 aromatic heterocycles. The second-order valence-corrected chi connectivity index (χ2v) is 5.67. The molecule has 1 aromatic rings. The van der Waals surface area contributed by atoms with E-state index < -0.39 is 0 Å².